The van der Waals surface area contributed by atoms with E-state index in [0.29, 0.717) is 24.3 Å². The minimum atomic E-state index is -0.405. The molecule has 0 unspecified atom stereocenters. The van der Waals surface area contributed by atoms with E-state index in [1.807, 2.05) is 25.3 Å². The van der Waals surface area contributed by atoms with E-state index < -0.39 is 5.63 Å². The molecule has 1 aromatic carbocycles. The molecule has 1 N–H and O–H groups in total. The highest BCUT2D eigenvalue weighted by molar-refractivity contribution is 7.09. The van der Waals surface area contributed by atoms with Crippen LogP contribution >= 0.6 is 11.3 Å². The van der Waals surface area contributed by atoms with Crippen molar-refractivity contribution in [1.82, 2.24) is 10.3 Å². The van der Waals surface area contributed by atoms with Crippen molar-refractivity contribution in [3.8, 4) is 5.75 Å². The van der Waals surface area contributed by atoms with Crippen molar-refractivity contribution in [3.63, 3.8) is 0 Å². The zero-order chi connectivity index (χ0) is 17.8. The molecule has 1 amide bonds. The highest BCUT2D eigenvalue weighted by atomic mass is 32.1. The van der Waals surface area contributed by atoms with E-state index in [-0.39, 0.29) is 12.5 Å². The van der Waals surface area contributed by atoms with E-state index >= 15 is 0 Å². The summed E-state index contributed by atoms with van der Waals surface area (Å²) >= 11 is 1.59. The number of amides is 1. The summed E-state index contributed by atoms with van der Waals surface area (Å²) in [5, 5.41) is 6.62. The molecule has 0 atom stereocenters. The first-order valence-electron chi connectivity index (χ1n) is 7.86. The number of aryl methyl sites for hydroxylation is 2. The largest absolute Gasteiger partial charge is 0.484 e. The molecule has 0 aliphatic heterocycles. The van der Waals surface area contributed by atoms with Crippen molar-refractivity contribution in [3.05, 3.63) is 56.3 Å². The third-order valence-electron chi connectivity index (χ3n) is 3.62. The van der Waals surface area contributed by atoms with E-state index in [1.54, 1.807) is 23.5 Å². The van der Waals surface area contributed by atoms with Gasteiger partial charge in [0.25, 0.3) is 5.91 Å². The Bertz CT molecular complexity index is 961. The second-order valence-electron chi connectivity index (χ2n) is 5.68. The van der Waals surface area contributed by atoms with Gasteiger partial charge in [0.05, 0.1) is 5.01 Å². The van der Waals surface area contributed by atoms with Crippen LogP contribution in [0.1, 0.15) is 16.3 Å². The zero-order valence-electron chi connectivity index (χ0n) is 14.0. The van der Waals surface area contributed by atoms with Gasteiger partial charge in [0.1, 0.15) is 11.3 Å². The maximum Gasteiger partial charge on any atom is 0.336 e. The standard InChI is InChI=1S/C18H18N2O4S/c1-11-7-18(22)24-15-8-13(3-4-14(11)15)23-9-16(21)19-6-5-17-20-12(2)10-25-17/h3-4,7-8,10H,5-6,9H2,1-2H3,(H,19,21). The van der Waals surface area contributed by atoms with Gasteiger partial charge in [-0.3, -0.25) is 4.79 Å². The normalized spacial score (nSPS) is 10.8. The lowest BCUT2D eigenvalue weighted by atomic mass is 10.1. The number of ether oxygens (including phenoxy) is 1. The Balaban J connectivity index is 1.53. The first-order valence-corrected chi connectivity index (χ1v) is 8.74. The third-order valence-corrected chi connectivity index (χ3v) is 4.65. The van der Waals surface area contributed by atoms with Crippen LogP contribution in [-0.2, 0) is 11.2 Å². The Labute approximate surface area is 148 Å². The molecule has 25 heavy (non-hydrogen) atoms. The van der Waals surface area contributed by atoms with Crippen molar-refractivity contribution < 1.29 is 13.9 Å². The second-order valence-corrected chi connectivity index (χ2v) is 6.62. The topological polar surface area (TPSA) is 81.4 Å². The predicted molar refractivity (Wildman–Crippen MR) is 96.3 cm³/mol. The smallest absolute Gasteiger partial charge is 0.336 e. The lowest BCUT2D eigenvalue weighted by molar-refractivity contribution is -0.123. The predicted octanol–water partition coefficient (Wildman–Crippen LogP) is 2.60. The Morgan fingerprint density at radius 3 is 2.92 bits per heavy atom. The van der Waals surface area contributed by atoms with E-state index in [1.165, 1.54) is 6.07 Å². The van der Waals surface area contributed by atoms with Crippen LogP contribution in [0.2, 0.25) is 0 Å². The van der Waals surface area contributed by atoms with Crippen LogP contribution < -0.4 is 15.7 Å². The van der Waals surface area contributed by atoms with E-state index in [9.17, 15) is 9.59 Å². The van der Waals surface area contributed by atoms with Gasteiger partial charge in [0.2, 0.25) is 0 Å². The summed E-state index contributed by atoms with van der Waals surface area (Å²) in [6, 6.07) is 6.63. The van der Waals surface area contributed by atoms with E-state index in [4.69, 9.17) is 9.15 Å². The highest BCUT2D eigenvalue weighted by Crippen LogP contribution is 2.22. The highest BCUT2D eigenvalue weighted by Gasteiger charge is 2.07. The number of thiazole rings is 1. The van der Waals surface area contributed by atoms with Crippen molar-refractivity contribution in [2.45, 2.75) is 20.3 Å². The summed E-state index contributed by atoms with van der Waals surface area (Å²) in [7, 11) is 0. The number of benzene rings is 1. The van der Waals surface area contributed by atoms with Crippen molar-refractivity contribution in [2.75, 3.05) is 13.2 Å². The van der Waals surface area contributed by atoms with Crippen LogP contribution in [-0.4, -0.2) is 24.0 Å². The van der Waals surface area contributed by atoms with Crippen LogP contribution in [0, 0.1) is 13.8 Å². The van der Waals surface area contributed by atoms with Gasteiger partial charge < -0.3 is 14.5 Å². The number of hydrogen-bond acceptors (Lipinski definition) is 6. The van der Waals surface area contributed by atoms with Gasteiger partial charge in [0, 0.05) is 41.6 Å². The van der Waals surface area contributed by atoms with Gasteiger partial charge in [-0.2, -0.15) is 0 Å². The van der Waals surface area contributed by atoms with Gasteiger partial charge in [0.15, 0.2) is 6.61 Å². The van der Waals surface area contributed by atoms with Crippen molar-refractivity contribution in [1.29, 1.82) is 0 Å². The molecule has 0 aliphatic carbocycles. The Morgan fingerprint density at radius 2 is 2.16 bits per heavy atom. The maximum atomic E-state index is 11.9. The molecule has 0 radical (unpaired) electrons. The molecule has 3 aromatic rings. The van der Waals surface area contributed by atoms with Gasteiger partial charge >= 0.3 is 5.63 Å². The zero-order valence-corrected chi connectivity index (χ0v) is 14.8. The molecule has 0 saturated carbocycles. The molecular weight excluding hydrogens is 340 g/mol. The molecular formula is C18H18N2O4S. The summed E-state index contributed by atoms with van der Waals surface area (Å²) in [6.07, 6.45) is 0.699. The molecule has 2 aromatic heterocycles. The average Bonchev–Trinajstić information content (AvgIpc) is 2.97. The molecule has 0 aliphatic rings. The number of aromatic nitrogens is 1. The van der Waals surface area contributed by atoms with Crippen LogP contribution in [0.4, 0.5) is 0 Å². The number of nitrogens with one attached hydrogen (secondary N) is 1. The summed E-state index contributed by atoms with van der Waals surface area (Å²) in [5.41, 5.74) is 1.88. The Kier molecular flexibility index (Phi) is 5.14. The fourth-order valence-electron chi connectivity index (χ4n) is 2.42. The van der Waals surface area contributed by atoms with Crippen LogP contribution in [0.3, 0.4) is 0 Å². The Hall–Kier alpha value is -2.67. The second kappa shape index (κ2) is 7.48. The summed E-state index contributed by atoms with van der Waals surface area (Å²) in [6.45, 7) is 4.20. The lowest BCUT2D eigenvalue weighted by Gasteiger charge is -2.08. The summed E-state index contributed by atoms with van der Waals surface area (Å²) < 4.78 is 10.6. The number of rotatable bonds is 6. The van der Waals surface area contributed by atoms with E-state index in [2.05, 4.69) is 10.3 Å². The molecule has 130 valence electrons. The number of fused-ring (bicyclic) bond motifs is 1. The molecule has 0 fully saturated rings. The number of carbonyl (C=O) groups is 1. The summed E-state index contributed by atoms with van der Waals surface area (Å²) in [5.74, 6) is 0.269. The molecule has 3 rings (SSSR count). The van der Waals surface area contributed by atoms with Crippen LogP contribution in [0.15, 0.2) is 38.9 Å². The summed E-state index contributed by atoms with van der Waals surface area (Å²) in [4.78, 5) is 27.6. The Morgan fingerprint density at radius 1 is 1.32 bits per heavy atom. The first-order chi connectivity index (χ1) is 12.0. The lowest BCUT2D eigenvalue weighted by Crippen LogP contribution is -2.30. The first kappa shape index (κ1) is 17.2. The molecule has 0 bridgehead atoms. The maximum absolute atomic E-state index is 11.9. The average molecular weight is 358 g/mol. The SMILES string of the molecule is Cc1csc(CCNC(=O)COc2ccc3c(C)cc(=O)oc3c2)n1. The van der Waals surface area contributed by atoms with Gasteiger partial charge in [-0.1, -0.05) is 0 Å². The minimum absolute atomic E-state index is 0.0988. The van der Waals surface area contributed by atoms with Crippen molar-refractivity contribution >= 4 is 28.2 Å². The molecule has 2 heterocycles. The van der Waals surface area contributed by atoms with Crippen molar-refractivity contribution in [2.24, 2.45) is 0 Å². The van der Waals surface area contributed by atoms with Gasteiger partial charge in [-0.25, -0.2) is 9.78 Å². The monoisotopic (exact) mass is 358 g/mol. The molecule has 6 nitrogen and oxygen atoms in total. The minimum Gasteiger partial charge on any atom is -0.484 e. The fourth-order valence-corrected chi connectivity index (χ4v) is 3.20. The third kappa shape index (κ3) is 4.45. The quantitative estimate of drug-likeness (QED) is 0.685. The molecule has 0 saturated heterocycles. The number of nitrogens with zero attached hydrogens (tertiary/aromatic N) is 1. The van der Waals surface area contributed by atoms with Crippen LogP contribution in [0.25, 0.3) is 11.0 Å². The number of hydrogen-bond donors (Lipinski definition) is 1. The van der Waals surface area contributed by atoms with Gasteiger partial charge in [-0.15, -0.1) is 11.3 Å². The molecule has 0 spiro atoms. The van der Waals surface area contributed by atoms with Gasteiger partial charge in [-0.05, 0) is 31.5 Å². The van der Waals surface area contributed by atoms with Crippen LogP contribution in [0.5, 0.6) is 5.75 Å². The number of carbonyl (C=O) groups excluding carboxylic acids is 1. The van der Waals surface area contributed by atoms with E-state index in [0.717, 1.165) is 21.7 Å². The fraction of sp³-hybridized carbons (Fsp3) is 0.278. The molecule has 7 heteroatoms.